The Labute approximate surface area is 138 Å². The van der Waals surface area contributed by atoms with Gasteiger partial charge in [-0.25, -0.2) is 0 Å². The van der Waals surface area contributed by atoms with Gasteiger partial charge < -0.3 is 20.5 Å². The van der Waals surface area contributed by atoms with Crippen molar-refractivity contribution in [1.82, 2.24) is 5.32 Å². The maximum Gasteiger partial charge on any atom is 0.293 e. The third kappa shape index (κ3) is 3.30. The van der Waals surface area contributed by atoms with Gasteiger partial charge in [-0.2, -0.15) is 0 Å². The summed E-state index contributed by atoms with van der Waals surface area (Å²) in [5.74, 6) is -0.610. The van der Waals surface area contributed by atoms with Crippen molar-refractivity contribution < 1.29 is 24.4 Å². The molecule has 0 radical (unpaired) electrons. The third-order valence-electron chi connectivity index (χ3n) is 3.73. The number of nitro benzene ring substituents is 1. The van der Waals surface area contributed by atoms with Crippen LogP contribution in [0.3, 0.4) is 0 Å². The summed E-state index contributed by atoms with van der Waals surface area (Å²) in [4.78, 5) is 33.4. The third-order valence-corrected chi connectivity index (χ3v) is 3.73. The summed E-state index contributed by atoms with van der Waals surface area (Å²) in [6.07, 6.45) is -1.11. The predicted octanol–water partition coefficient (Wildman–Crippen LogP) is 1.26. The van der Waals surface area contributed by atoms with E-state index < -0.39 is 34.5 Å². The number of ether oxygens (including phenoxy) is 1. The van der Waals surface area contributed by atoms with E-state index in [0.29, 0.717) is 0 Å². The van der Waals surface area contributed by atoms with E-state index in [1.165, 1.54) is 26.0 Å². The summed E-state index contributed by atoms with van der Waals surface area (Å²) < 4.78 is 5.73. The quantitative estimate of drug-likeness (QED) is 0.562. The molecule has 2 rings (SSSR count). The van der Waals surface area contributed by atoms with Gasteiger partial charge in [-0.1, -0.05) is 0 Å². The molecule has 9 heteroatoms. The van der Waals surface area contributed by atoms with E-state index in [1.807, 2.05) is 0 Å². The molecule has 0 saturated heterocycles. The van der Waals surface area contributed by atoms with Crippen molar-refractivity contribution in [3.63, 3.8) is 0 Å². The van der Waals surface area contributed by atoms with Crippen LogP contribution in [0.1, 0.15) is 39.3 Å². The minimum absolute atomic E-state index is 0.0139. The lowest BCUT2D eigenvalue weighted by Crippen LogP contribution is -2.53. The number of rotatable bonds is 3. The van der Waals surface area contributed by atoms with Gasteiger partial charge in [0.1, 0.15) is 23.1 Å². The maximum atomic E-state index is 11.5. The molecular formula is C15H19N3O6. The molecule has 1 heterocycles. The summed E-state index contributed by atoms with van der Waals surface area (Å²) in [7, 11) is 0. The summed E-state index contributed by atoms with van der Waals surface area (Å²) in [6, 6.07) is 1.66. The monoisotopic (exact) mass is 337 g/mol. The molecule has 0 bridgehead atoms. The number of carbonyl (C=O) groups is 2. The summed E-state index contributed by atoms with van der Waals surface area (Å²) in [5, 5.41) is 26.7. The highest BCUT2D eigenvalue weighted by molar-refractivity contribution is 5.92. The standard InChI is InChI=1S/C15H19N3O6/c1-7(19)16-10-6-12-9(5-11(10)18(22)23)13(17-8(2)20)14(21)15(3,4)24-12/h5-6,13-14,21H,1-4H3,(H,16,19)(H,17,20). The van der Waals surface area contributed by atoms with Gasteiger partial charge in [0.25, 0.3) is 5.69 Å². The molecule has 0 fully saturated rings. The van der Waals surface area contributed by atoms with Crippen LogP contribution in [-0.2, 0) is 9.59 Å². The fraction of sp³-hybridized carbons (Fsp3) is 0.467. The second-order valence-corrected chi connectivity index (χ2v) is 6.17. The number of carbonyl (C=O) groups excluding carboxylic acids is 2. The van der Waals surface area contributed by atoms with Crippen LogP contribution in [0.2, 0.25) is 0 Å². The van der Waals surface area contributed by atoms with Gasteiger partial charge in [-0.3, -0.25) is 19.7 Å². The number of aliphatic hydroxyl groups is 1. The molecule has 0 aromatic heterocycles. The van der Waals surface area contributed by atoms with Crippen molar-refractivity contribution in [2.45, 2.75) is 45.4 Å². The Bertz CT molecular complexity index is 715. The molecule has 1 aliphatic rings. The Hall–Kier alpha value is -2.68. The van der Waals surface area contributed by atoms with Crippen LogP contribution in [0.5, 0.6) is 5.75 Å². The normalized spacial score (nSPS) is 21.2. The second kappa shape index (κ2) is 6.08. The van der Waals surface area contributed by atoms with E-state index in [2.05, 4.69) is 10.6 Å². The molecule has 1 aromatic carbocycles. The van der Waals surface area contributed by atoms with Gasteiger partial charge in [0.05, 0.1) is 11.0 Å². The first kappa shape index (κ1) is 17.7. The number of anilines is 1. The molecular weight excluding hydrogens is 318 g/mol. The van der Waals surface area contributed by atoms with E-state index in [0.717, 1.165) is 0 Å². The number of nitrogens with zero attached hydrogens (tertiary/aromatic N) is 1. The van der Waals surface area contributed by atoms with Crippen LogP contribution >= 0.6 is 0 Å². The number of nitrogens with one attached hydrogen (secondary N) is 2. The van der Waals surface area contributed by atoms with Crippen molar-refractivity contribution in [1.29, 1.82) is 0 Å². The molecule has 24 heavy (non-hydrogen) atoms. The summed E-state index contributed by atoms with van der Waals surface area (Å²) >= 11 is 0. The largest absolute Gasteiger partial charge is 0.485 e. The second-order valence-electron chi connectivity index (χ2n) is 6.17. The molecule has 2 atom stereocenters. The number of hydrogen-bond acceptors (Lipinski definition) is 6. The lowest BCUT2D eigenvalue weighted by atomic mass is 9.86. The molecule has 9 nitrogen and oxygen atoms in total. The van der Waals surface area contributed by atoms with Crippen molar-refractivity contribution in [2.75, 3.05) is 5.32 Å². The van der Waals surface area contributed by atoms with Crippen molar-refractivity contribution in [2.24, 2.45) is 0 Å². The SMILES string of the molecule is CC(=O)Nc1cc2c(cc1[N+](=O)[O-])C(NC(C)=O)C(O)C(C)(C)O2. The molecule has 0 saturated carbocycles. The van der Waals surface area contributed by atoms with Crippen LogP contribution in [0, 0.1) is 10.1 Å². The number of nitro groups is 1. The maximum absolute atomic E-state index is 11.5. The Morgan fingerprint density at radius 3 is 2.42 bits per heavy atom. The van der Waals surface area contributed by atoms with Crippen molar-refractivity contribution in [3.8, 4) is 5.75 Å². The lowest BCUT2D eigenvalue weighted by Gasteiger charge is -2.42. The zero-order chi connectivity index (χ0) is 18.2. The Balaban J connectivity index is 2.64. The first-order valence-corrected chi connectivity index (χ1v) is 7.27. The van der Waals surface area contributed by atoms with Crippen LogP contribution in [0.4, 0.5) is 11.4 Å². The molecule has 2 amide bonds. The van der Waals surface area contributed by atoms with Gasteiger partial charge >= 0.3 is 0 Å². The minimum atomic E-state index is -1.11. The van der Waals surface area contributed by atoms with Gasteiger partial charge in [0.2, 0.25) is 11.8 Å². The van der Waals surface area contributed by atoms with Gasteiger partial charge in [0.15, 0.2) is 0 Å². The smallest absolute Gasteiger partial charge is 0.293 e. The average Bonchev–Trinajstić information content (AvgIpc) is 2.41. The predicted molar refractivity (Wildman–Crippen MR) is 84.7 cm³/mol. The molecule has 1 aromatic rings. The lowest BCUT2D eigenvalue weighted by molar-refractivity contribution is -0.384. The van der Waals surface area contributed by atoms with Crippen LogP contribution < -0.4 is 15.4 Å². The Kier molecular flexibility index (Phi) is 4.48. The topological polar surface area (TPSA) is 131 Å². The average molecular weight is 337 g/mol. The van der Waals surface area contributed by atoms with Crippen molar-refractivity contribution in [3.05, 3.63) is 27.8 Å². The van der Waals surface area contributed by atoms with Crippen LogP contribution in [0.15, 0.2) is 12.1 Å². The summed E-state index contributed by atoms with van der Waals surface area (Å²) in [5.41, 5.74) is -1.13. The van der Waals surface area contributed by atoms with Gasteiger partial charge in [-0.05, 0) is 13.8 Å². The molecule has 130 valence electrons. The van der Waals surface area contributed by atoms with E-state index >= 15 is 0 Å². The number of benzene rings is 1. The number of amides is 2. The zero-order valence-electron chi connectivity index (χ0n) is 13.7. The number of fused-ring (bicyclic) bond motifs is 1. The first-order chi connectivity index (χ1) is 11.0. The molecule has 0 spiro atoms. The highest BCUT2D eigenvalue weighted by atomic mass is 16.6. The van der Waals surface area contributed by atoms with E-state index in [-0.39, 0.29) is 22.7 Å². The van der Waals surface area contributed by atoms with E-state index in [1.54, 1.807) is 13.8 Å². The Morgan fingerprint density at radius 2 is 1.92 bits per heavy atom. The first-order valence-electron chi connectivity index (χ1n) is 7.27. The van der Waals surface area contributed by atoms with Crippen LogP contribution in [0.25, 0.3) is 0 Å². The molecule has 2 unspecified atom stereocenters. The van der Waals surface area contributed by atoms with Gasteiger partial charge in [0, 0.05) is 31.5 Å². The highest BCUT2D eigenvalue weighted by Crippen LogP contribution is 2.44. The number of hydrogen-bond donors (Lipinski definition) is 3. The highest BCUT2D eigenvalue weighted by Gasteiger charge is 2.44. The molecule has 1 aliphatic heterocycles. The minimum Gasteiger partial charge on any atom is -0.485 e. The molecule has 0 aliphatic carbocycles. The van der Waals surface area contributed by atoms with Gasteiger partial charge in [-0.15, -0.1) is 0 Å². The van der Waals surface area contributed by atoms with E-state index in [9.17, 15) is 24.8 Å². The molecule has 3 N–H and O–H groups in total. The van der Waals surface area contributed by atoms with Crippen LogP contribution in [-0.4, -0.2) is 33.5 Å². The summed E-state index contributed by atoms with van der Waals surface area (Å²) in [6.45, 7) is 5.79. The Morgan fingerprint density at radius 1 is 1.29 bits per heavy atom. The fourth-order valence-corrected chi connectivity index (χ4v) is 2.65. The fourth-order valence-electron chi connectivity index (χ4n) is 2.65. The zero-order valence-corrected chi connectivity index (χ0v) is 13.7. The van der Waals surface area contributed by atoms with E-state index in [4.69, 9.17) is 4.74 Å². The number of aliphatic hydroxyl groups excluding tert-OH is 1. The van der Waals surface area contributed by atoms with Crippen molar-refractivity contribution >= 4 is 23.2 Å².